The van der Waals surface area contributed by atoms with Crippen molar-refractivity contribution >= 4 is 12.3 Å². The van der Waals surface area contributed by atoms with Crippen molar-refractivity contribution < 1.29 is 14.3 Å². The molecule has 0 unspecified atom stereocenters. The van der Waals surface area contributed by atoms with Gasteiger partial charge in [-0.3, -0.25) is 0 Å². The zero-order valence-corrected chi connectivity index (χ0v) is 12.5. The summed E-state index contributed by atoms with van der Waals surface area (Å²) in [5.41, 5.74) is 6.81. The van der Waals surface area contributed by atoms with Gasteiger partial charge in [-0.25, -0.2) is 4.79 Å². The summed E-state index contributed by atoms with van der Waals surface area (Å²) in [7, 11) is 0. The fourth-order valence-corrected chi connectivity index (χ4v) is 3.06. The van der Waals surface area contributed by atoms with Crippen LogP contribution in [0.5, 0.6) is 0 Å². The molecule has 0 aliphatic heterocycles. The molecule has 1 aromatic carbocycles. The van der Waals surface area contributed by atoms with E-state index in [0.29, 0.717) is 24.6 Å². The molecule has 2 rings (SSSR count). The Balaban J connectivity index is 2.16. The van der Waals surface area contributed by atoms with Gasteiger partial charge in [0.1, 0.15) is 6.29 Å². The van der Waals surface area contributed by atoms with Crippen molar-refractivity contribution in [1.82, 2.24) is 0 Å². The van der Waals surface area contributed by atoms with Crippen LogP contribution in [-0.2, 0) is 14.9 Å². The van der Waals surface area contributed by atoms with Crippen molar-refractivity contribution in [2.45, 2.75) is 38.0 Å². The van der Waals surface area contributed by atoms with Gasteiger partial charge in [0, 0.05) is 0 Å². The Bertz CT molecular complexity index is 487. The predicted octanol–water partition coefficient (Wildman–Crippen LogP) is 2.45. The van der Waals surface area contributed by atoms with Crippen LogP contribution in [0.4, 0.5) is 0 Å². The highest BCUT2D eigenvalue weighted by molar-refractivity contribution is 5.89. The lowest BCUT2D eigenvalue weighted by atomic mass is 9.67. The van der Waals surface area contributed by atoms with Gasteiger partial charge in [0.05, 0.1) is 17.6 Å². The van der Waals surface area contributed by atoms with Crippen LogP contribution in [0.1, 0.15) is 48.5 Å². The van der Waals surface area contributed by atoms with Crippen molar-refractivity contribution in [2.24, 2.45) is 11.7 Å². The number of hydrogen-bond donors (Lipinski definition) is 1. The standard InChI is InChI=1S/C17H23NO3/c1-2-21-16(20)14-3-5-15(6-4-14)17(12-19)9-7-13(11-18)8-10-17/h3-6,12-13H,2,7-11,18H2,1H3. The van der Waals surface area contributed by atoms with E-state index in [2.05, 4.69) is 0 Å². The summed E-state index contributed by atoms with van der Waals surface area (Å²) in [6.45, 7) is 2.83. The van der Waals surface area contributed by atoms with Crippen molar-refractivity contribution in [1.29, 1.82) is 0 Å². The maximum absolute atomic E-state index is 11.7. The Hall–Kier alpha value is -1.68. The maximum Gasteiger partial charge on any atom is 0.338 e. The van der Waals surface area contributed by atoms with Gasteiger partial charge in [-0.1, -0.05) is 12.1 Å². The van der Waals surface area contributed by atoms with E-state index < -0.39 is 5.41 Å². The molecule has 1 aliphatic rings. The normalized spacial score (nSPS) is 25.3. The Kier molecular flexibility index (Phi) is 5.12. The largest absolute Gasteiger partial charge is 0.462 e. The van der Waals surface area contributed by atoms with Gasteiger partial charge in [0.25, 0.3) is 0 Å². The molecule has 21 heavy (non-hydrogen) atoms. The first-order valence-electron chi connectivity index (χ1n) is 7.59. The molecule has 0 saturated heterocycles. The number of ether oxygens (including phenoxy) is 1. The van der Waals surface area contributed by atoms with Crippen molar-refractivity contribution in [3.8, 4) is 0 Å². The van der Waals surface area contributed by atoms with Gasteiger partial charge in [-0.15, -0.1) is 0 Å². The third kappa shape index (κ3) is 3.32. The highest BCUT2D eigenvalue weighted by Gasteiger charge is 2.36. The third-order valence-electron chi connectivity index (χ3n) is 4.53. The molecule has 0 bridgehead atoms. The van der Waals surface area contributed by atoms with E-state index in [1.165, 1.54) is 0 Å². The molecule has 1 aliphatic carbocycles. The molecule has 0 radical (unpaired) electrons. The first-order chi connectivity index (χ1) is 10.1. The van der Waals surface area contributed by atoms with Gasteiger partial charge in [-0.2, -0.15) is 0 Å². The third-order valence-corrected chi connectivity index (χ3v) is 4.53. The number of nitrogens with two attached hydrogens (primary N) is 1. The Morgan fingerprint density at radius 3 is 2.43 bits per heavy atom. The topological polar surface area (TPSA) is 69.4 Å². The van der Waals surface area contributed by atoms with Crippen molar-refractivity contribution in [3.05, 3.63) is 35.4 Å². The molecule has 4 nitrogen and oxygen atoms in total. The fraction of sp³-hybridized carbons (Fsp3) is 0.529. The van der Waals surface area contributed by atoms with E-state index in [4.69, 9.17) is 10.5 Å². The van der Waals surface area contributed by atoms with Gasteiger partial charge in [0.2, 0.25) is 0 Å². The number of aldehydes is 1. The summed E-state index contributed by atoms with van der Waals surface area (Å²) in [6.07, 6.45) is 4.69. The minimum atomic E-state index is -0.418. The molecule has 0 aromatic heterocycles. The van der Waals surface area contributed by atoms with Crippen molar-refractivity contribution in [2.75, 3.05) is 13.2 Å². The van der Waals surface area contributed by atoms with Crippen LogP contribution in [0.25, 0.3) is 0 Å². The Morgan fingerprint density at radius 2 is 1.95 bits per heavy atom. The van der Waals surface area contributed by atoms with Crippen LogP contribution < -0.4 is 5.73 Å². The zero-order valence-electron chi connectivity index (χ0n) is 12.5. The number of rotatable bonds is 5. The quantitative estimate of drug-likeness (QED) is 0.667. The summed E-state index contributed by atoms with van der Waals surface area (Å²) < 4.78 is 4.97. The SMILES string of the molecule is CCOC(=O)c1ccc(C2(C=O)CCC(CN)CC2)cc1. The second kappa shape index (κ2) is 6.85. The average Bonchev–Trinajstić information content (AvgIpc) is 2.55. The summed E-state index contributed by atoms with van der Waals surface area (Å²) in [5, 5.41) is 0. The van der Waals surface area contributed by atoms with Gasteiger partial charge >= 0.3 is 5.97 Å². The number of benzene rings is 1. The molecule has 1 saturated carbocycles. The van der Waals surface area contributed by atoms with Gasteiger partial charge < -0.3 is 15.3 Å². The Morgan fingerprint density at radius 1 is 1.33 bits per heavy atom. The van der Waals surface area contributed by atoms with Gasteiger partial charge in [0.15, 0.2) is 0 Å². The first kappa shape index (κ1) is 15.7. The lowest BCUT2D eigenvalue weighted by molar-refractivity contribution is -0.114. The van der Waals surface area contributed by atoms with Crippen LogP contribution in [0.2, 0.25) is 0 Å². The summed E-state index contributed by atoms with van der Waals surface area (Å²) in [5.74, 6) is 0.202. The summed E-state index contributed by atoms with van der Waals surface area (Å²) in [6, 6.07) is 7.24. The van der Waals surface area contributed by atoms with E-state index in [1.54, 1.807) is 19.1 Å². The molecular formula is C17H23NO3. The van der Waals surface area contributed by atoms with E-state index >= 15 is 0 Å². The summed E-state index contributed by atoms with van der Waals surface area (Å²) in [4.78, 5) is 23.3. The minimum Gasteiger partial charge on any atom is -0.462 e. The smallest absolute Gasteiger partial charge is 0.338 e. The molecule has 114 valence electrons. The molecule has 0 spiro atoms. The number of hydrogen-bond acceptors (Lipinski definition) is 4. The molecular weight excluding hydrogens is 266 g/mol. The van der Waals surface area contributed by atoms with E-state index in [0.717, 1.165) is 37.5 Å². The highest BCUT2D eigenvalue weighted by Crippen LogP contribution is 2.39. The van der Waals surface area contributed by atoms with Crippen LogP contribution in [0.3, 0.4) is 0 Å². The number of esters is 1. The van der Waals surface area contributed by atoms with E-state index in [1.807, 2.05) is 12.1 Å². The molecule has 0 heterocycles. The minimum absolute atomic E-state index is 0.323. The molecule has 2 N–H and O–H groups in total. The van der Waals surface area contributed by atoms with E-state index in [-0.39, 0.29) is 5.97 Å². The highest BCUT2D eigenvalue weighted by atomic mass is 16.5. The van der Waals surface area contributed by atoms with Crippen molar-refractivity contribution in [3.63, 3.8) is 0 Å². The first-order valence-corrected chi connectivity index (χ1v) is 7.59. The lowest BCUT2D eigenvalue weighted by Gasteiger charge is -2.36. The molecule has 4 heteroatoms. The van der Waals surface area contributed by atoms with Gasteiger partial charge in [-0.05, 0) is 62.8 Å². The molecule has 0 atom stereocenters. The number of carbonyl (C=O) groups excluding carboxylic acids is 2. The lowest BCUT2D eigenvalue weighted by Crippen LogP contribution is -2.35. The fourth-order valence-electron chi connectivity index (χ4n) is 3.06. The molecule has 1 aromatic rings. The molecule has 0 amide bonds. The second-order valence-corrected chi connectivity index (χ2v) is 5.75. The maximum atomic E-state index is 11.7. The number of carbonyl (C=O) groups is 2. The summed E-state index contributed by atoms with van der Waals surface area (Å²) >= 11 is 0. The zero-order chi connectivity index (χ0) is 15.3. The molecule has 1 fully saturated rings. The van der Waals surface area contributed by atoms with Crippen LogP contribution in [0.15, 0.2) is 24.3 Å². The average molecular weight is 289 g/mol. The van der Waals surface area contributed by atoms with E-state index in [9.17, 15) is 9.59 Å². The Labute approximate surface area is 125 Å². The van der Waals surface area contributed by atoms with Crippen LogP contribution in [0, 0.1) is 5.92 Å². The van der Waals surface area contributed by atoms with Crippen LogP contribution >= 0.6 is 0 Å². The second-order valence-electron chi connectivity index (χ2n) is 5.75. The monoisotopic (exact) mass is 289 g/mol. The van der Waals surface area contributed by atoms with Crippen LogP contribution in [-0.4, -0.2) is 25.4 Å². The predicted molar refractivity (Wildman–Crippen MR) is 81.2 cm³/mol.